The van der Waals surface area contributed by atoms with Gasteiger partial charge in [0, 0.05) is 5.88 Å². The molecule has 2 heteroatoms. The summed E-state index contributed by atoms with van der Waals surface area (Å²) in [6.07, 6.45) is 0. The maximum Gasteiger partial charge on any atom is 0.122 e. The van der Waals surface area contributed by atoms with Crippen LogP contribution in [0.5, 0.6) is 5.75 Å². The molecule has 0 radical (unpaired) electrons. The highest BCUT2D eigenvalue weighted by molar-refractivity contribution is 6.17. The number of alkyl halides is 1. The predicted molar refractivity (Wildman–Crippen MR) is 76.2 cm³/mol. The quantitative estimate of drug-likeness (QED) is 0.729. The summed E-state index contributed by atoms with van der Waals surface area (Å²) >= 11 is 5.91. The van der Waals surface area contributed by atoms with E-state index in [4.69, 9.17) is 16.3 Å². The van der Waals surface area contributed by atoms with Crippen molar-refractivity contribution in [3.8, 4) is 5.75 Å². The summed E-state index contributed by atoms with van der Waals surface area (Å²) in [5.41, 5.74) is 4.69. The molecule has 0 aliphatic heterocycles. The van der Waals surface area contributed by atoms with E-state index in [0.29, 0.717) is 12.5 Å². The van der Waals surface area contributed by atoms with Crippen molar-refractivity contribution < 1.29 is 4.74 Å². The van der Waals surface area contributed by atoms with Crippen LogP contribution in [-0.2, 0) is 12.5 Å². The molecule has 0 amide bonds. The van der Waals surface area contributed by atoms with Crippen LogP contribution in [0.4, 0.5) is 0 Å². The Morgan fingerprint density at radius 1 is 1.00 bits per heavy atom. The van der Waals surface area contributed by atoms with Gasteiger partial charge in [0.05, 0.1) is 0 Å². The van der Waals surface area contributed by atoms with Gasteiger partial charge in [-0.05, 0) is 36.6 Å². The number of hydrogen-bond donors (Lipinski definition) is 0. The number of ether oxygens (including phenoxy) is 1. The molecule has 18 heavy (non-hydrogen) atoms. The second-order valence-electron chi connectivity index (χ2n) is 4.46. The van der Waals surface area contributed by atoms with Gasteiger partial charge in [0.25, 0.3) is 0 Å². The molecule has 2 rings (SSSR count). The first-order valence-corrected chi connectivity index (χ1v) is 6.57. The van der Waals surface area contributed by atoms with Gasteiger partial charge in [0.2, 0.25) is 0 Å². The van der Waals surface area contributed by atoms with E-state index < -0.39 is 0 Å². The third-order valence-electron chi connectivity index (χ3n) is 2.98. The van der Waals surface area contributed by atoms with Crippen LogP contribution >= 0.6 is 11.6 Å². The Labute approximate surface area is 113 Å². The number of benzene rings is 2. The Bertz CT molecular complexity index is 534. The SMILES string of the molecule is Cc1ccc(OCc2ccccc2CCl)c(C)c1. The maximum atomic E-state index is 5.91. The normalized spacial score (nSPS) is 10.4. The zero-order chi connectivity index (χ0) is 13.0. The van der Waals surface area contributed by atoms with Crippen molar-refractivity contribution in [2.75, 3.05) is 0 Å². The molecule has 0 aliphatic carbocycles. The summed E-state index contributed by atoms with van der Waals surface area (Å²) < 4.78 is 5.86. The van der Waals surface area contributed by atoms with Gasteiger partial charge in [0.15, 0.2) is 0 Å². The molecule has 0 N–H and O–H groups in total. The molecule has 0 atom stereocenters. The van der Waals surface area contributed by atoms with Gasteiger partial charge in [-0.3, -0.25) is 0 Å². The van der Waals surface area contributed by atoms with E-state index in [-0.39, 0.29) is 0 Å². The van der Waals surface area contributed by atoms with E-state index in [1.54, 1.807) is 0 Å². The third kappa shape index (κ3) is 3.05. The molecule has 0 fully saturated rings. The van der Waals surface area contributed by atoms with Crippen molar-refractivity contribution in [2.24, 2.45) is 0 Å². The van der Waals surface area contributed by atoms with E-state index in [0.717, 1.165) is 16.9 Å². The van der Waals surface area contributed by atoms with Crippen molar-refractivity contribution >= 4 is 11.6 Å². The zero-order valence-electron chi connectivity index (χ0n) is 10.7. The number of hydrogen-bond acceptors (Lipinski definition) is 1. The smallest absolute Gasteiger partial charge is 0.122 e. The van der Waals surface area contributed by atoms with Crippen molar-refractivity contribution in [1.82, 2.24) is 0 Å². The Hall–Kier alpha value is -1.47. The van der Waals surface area contributed by atoms with Gasteiger partial charge >= 0.3 is 0 Å². The van der Waals surface area contributed by atoms with E-state index in [1.807, 2.05) is 24.3 Å². The largest absolute Gasteiger partial charge is 0.489 e. The number of rotatable bonds is 4. The fraction of sp³-hybridized carbons (Fsp3) is 0.250. The van der Waals surface area contributed by atoms with E-state index in [2.05, 4.69) is 32.0 Å². The Morgan fingerprint density at radius 3 is 2.39 bits per heavy atom. The summed E-state index contributed by atoms with van der Waals surface area (Å²) in [6.45, 7) is 4.71. The molecular weight excluding hydrogens is 244 g/mol. The minimum Gasteiger partial charge on any atom is -0.489 e. The highest BCUT2D eigenvalue weighted by Gasteiger charge is 2.03. The standard InChI is InChI=1S/C16H17ClO/c1-12-7-8-16(13(2)9-12)18-11-15-6-4-3-5-14(15)10-17/h3-9H,10-11H2,1-2H3. The molecule has 1 nitrogen and oxygen atoms in total. The molecule has 0 unspecified atom stereocenters. The first-order chi connectivity index (χ1) is 8.70. The first-order valence-electron chi connectivity index (χ1n) is 6.03. The Balaban J connectivity index is 2.11. The Kier molecular flexibility index (Phi) is 4.27. The van der Waals surface area contributed by atoms with Gasteiger partial charge in [0.1, 0.15) is 12.4 Å². The van der Waals surface area contributed by atoms with Crippen LogP contribution in [0.3, 0.4) is 0 Å². The topological polar surface area (TPSA) is 9.23 Å². The predicted octanol–water partition coefficient (Wildman–Crippen LogP) is 4.62. The van der Waals surface area contributed by atoms with Crippen LogP contribution in [0.1, 0.15) is 22.3 Å². The average molecular weight is 261 g/mol. The average Bonchev–Trinajstić information content (AvgIpc) is 2.38. The maximum absolute atomic E-state index is 5.91. The van der Waals surface area contributed by atoms with Crippen LogP contribution in [-0.4, -0.2) is 0 Å². The van der Waals surface area contributed by atoms with Gasteiger partial charge in [-0.1, -0.05) is 42.0 Å². The fourth-order valence-corrected chi connectivity index (χ4v) is 2.21. The summed E-state index contributed by atoms with van der Waals surface area (Å²) in [4.78, 5) is 0. The molecule has 0 saturated heterocycles. The highest BCUT2D eigenvalue weighted by Crippen LogP contribution is 2.21. The summed E-state index contributed by atoms with van der Waals surface area (Å²) in [5, 5.41) is 0. The molecule has 0 heterocycles. The van der Waals surface area contributed by atoms with E-state index in [9.17, 15) is 0 Å². The second kappa shape index (κ2) is 5.92. The zero-order valence-corrected chi connectivity index (χ0v) is 11.5. The lowest BCUT2D eigenvalue weighted by atomic mass is 10.1. The lowest BCUT2D eigenvalue weighted by Crippen LogP contribution is -2.00. The molecule has 0 aromatic heterocycles. The van der Waals surface area contributed by atoms with E-state index >= 15 is 0 Å². The molecule has 0 saturated carbocycles. The first kappa shape index (κ1) is 13.0. The number of aryl methyl sites for hydroxylation is 2. The number of halogens is 1. The fourth-order valence-electron chi connectivity index (χ4n) is 1.95. The van der Waals surface area contributed by atoms with Crippen molar-refractivity contribution in [3.63, 3.8) is 0 Å². The third-order valence-corrected chi connectivity index (χ3v) is 3.26. The van der Waals surface area contributed by atoms with Crippen LogP contribution in [0.15, 0.2) is 42.5 Å². The van der Waals surface area contributed by atoms with Gasteiger partial charge in [-0.25, -0.2) is 0 Å². The molecular formula is C16H17ClO. The van der Waals surface area contributed by atoms with Crippen LogP contribution in [0.25, 0.3) is 0 Å². The second-order valence-corrected chi connectivity index (χ2v) is 4.73. The van der Waals surface area contributed by atoms with Gasteiger partial charge < -0.3 is 4.74 Å². The minimum absolute atomic E-state index is 0.520. The molecule has 0 spiro atoms. The van der Waals surface area contributed by atoms with Crippen LogP contribution in [0, 0.1) is 13.8 Å². The molecule has 2 aromatic rings. The van der Waals surface area contributed by atoms with E-state index in [1.165, 1.54) is 11.1 Å². The lowest BCUT2D eigenvalue weighted by Gasteiger charge is -2.11. The Morgan fingerprint density at radius 2 is 1.72 bits per heavy atom. The molecule has 2 aromatic carbocycles. The van der Waals surface area contributed by atoms with Gasteiger partial charge in [-0.2, -0.15) is 0 Å². The minimum atomic E-state index is 0.520. The van der Waals surface area contributed by atoms with Crippen LogP contribution < -0.4 is 4.74 Å². The lowest BCUT2D eigenvalue weighted by molar-refractivity contribution is 0.303. The van der Waals surface area contributed by atoms with Crippen LogP contribution in [0.2, 0.25) is 0 Å². The molecule has 94 valence electrons. The summed E-state index contributed by atoms with van der Waals surface area (Å²) in [7, 11) is 0. The summed E-state index contributed by atoms with van der Waals surface area (Å²) in [6, 6.07) is 14.3. The highest BCUT2D eigenvalue weighted by atomic mass is 35.5. The van der Waals surface area contributed by atoms with Gasteiger partial charge in [-0.15, -0.1) is 11.6 Å². The molecule has 0 bridgehead atoms. The van der Waals surface area contributed by atoms with Crippen molar-refractivity contribution in [1.29, 1.82) is 0 Å². The molecule has 0 aliphatic rings. The summed E-state index contributed by atoms with van der Waals surface area (Å²) in [5.74, 6) is 1.46. The monoisotopic (exact) mass is 260 g/mol. The van der Waals surface area contributed by atoms with Crippen molar-refractivity contribution in [3.05, 3.63) is 64.7 Å². The van der Waals surface area contributed by atoms with Crippen molar-refractivity contribution in [2.45, 2.75) is 26.3 Å².